The van der Waals surface area contributed by atoms with Crippen LogP contribution < -0.4 is 5.48 Å². The number of hydrogen-bond donors (Lipinski definition) is 1. The van der Waals surface area contributed by atoms with Crippen LogP contribution in [0.3, 0.4) is 0 Å². The molecule has 0 unspecified atom stereocenters. The van der Waals surface area contributed by atoms with Gasteiger partial charge in [-0.05, 0) is 24.9 Å². The molecule has 2 aliphatic rings. The van der Waals surface area contributed by atoms with Crippen LogP contribution in [0.5, 0.6) is 0 Å². The van der Waals surface area contributed by atoms with Gasteiger partial charge in [0.25, 0.3) is 5.91 Å². The van der Waals surface area contributed by atoms with Gasteiger partial charge in [-0.15, -0.1) is 11.8 Å². The molecule has 10 heteroatoms. The number of carbonyl (C=O) groups is 3. The smallest absolute Gasteiger partial charge is 0.338 e. The molecule has 1 aromatic rings. The van der Waals surface area contributed by atoms with Gasteiger partial charge in [0.2, 0.25) is 5.91 Å². The number of amides is 2. The summed E-state index contributed by atoms with van der Waals surface area (Å²) in [5, 5.41) is 3.42. The molecule has 3 atom stereocenters. The average Bonchev–Trinajstić information content (AvgIpc) is 2.83. The number of thioether (sulfide) groups is 1. The number of azide groups is 1. The van der Waals surface area contributed by atoms with Crippen LogP contribution in [0.25, 0.3) is 10.4 Å². The van der Waals surface area contributed by atoms with Gasteiger partial charge in [0.15, 0.2) is 0 Å². The van der Waals surface area contributed by atoms with E-state index in [1.165, 1.54) is 16.7 Å². The summed E-state index contributed by atoms with van der Waals surface area (Å²) in [7, 11) is 0. The Morgan fingerprint density at radius 1 is 1.42 bits per heavy atom. The Morgan fingerprint density at radius 2 is 2.12 bits per heavy atom. The van der Waals surface area contributed by atoms with Crippen molar-refractivity contribution >= 4 is 29.5 Å². The summed E-state index contributed by atoms with van der Waals surface area (Å²) < 4.78 is -0.526. The van der Waals surface area contributed by atoms with Crippen molar-refractivity contribution < 1.29 is 19.2 Å². The number of hydrogen-bond acceptors (Lipinski definition) is 6. The van der Waals surface area contributed by atoms with Crippen molar-refractivity contribution in [2.24, 2.45) is 5.11 Å². The number of rotatable bonds is 4. The van der Waals surface area contributed by atoms with Crippen molar-refractivity contribution in [1.82, 2.24) is 10.4 Å². The van der Waals surface area contributed by atoms with E-state index in [0.29, 0.717) is 12.0 Å². The quantitative estimate of drug-likeness (QED) is 0.283. The number of β-lactam (4-membered cyclic amide) rings is 1. The summed E-state index contributed by atoms with van der Waals surface area (Å²) in [5.41, 5.74) is 11.2. The van der Waals surface area contributed by atoms with Gasteiger partial charge in [-0.3, -0.25) is 9.59 Å². The standard InChI is InChI=1S/C16H17N5O4S/c1-16(2)13(21-10(22)8-11(21)26-16)15(24)25-19-14(23)12(18-20-17)9-6-4-3-5-7-9/h3-7,11-13H,8H2,1-2H3,(H,19,23)/t11-,12-,13+/m1/s1. The minimum atomic E-state index is -1.17. The number of carbonyl (C=O) groups excluding carboxylic acids is 3. The van der Waals surface area contributed by atoms with E-state index in [1.807, 2.05) is 13.8 Å². The average molecular weight is 375 g/mol. The highest BCUT2D eigenvalue weighted by Crippen LogP contribution is 2.50. The van der Waals surface area contributed by atoms with Gasteiger partial charge in [0, 0.05) is 9.66 Å². The molecule has 3 rings (SSSR count). The Kier molecular flexibility index (Phi) is 4.80. The van der Waals surface area contributed by atoms with Crippen molar-refractivity contribution in [3.05, 3.63) is 46.3 Å². The molecule has 9 nitrogen and oxygen atoms in total. The fourth-order valence-corrected chi connectivity index (χ4v) is 4.75. The van der Waals surface area contributed by atoms with E-state index in [0.717, 1.165) is 0 Å². The predicted octanol–water partition coefficient (Wildman–Crippen LogP) is 2.06. The second kappa shape index (κ2) is 6.89. The maximum absolute atomic E-state index is 12.5. The summed E-state index contributed by atoms with van der Waals surface area (Å²) in [6.45, 7) is 3.70. The third-order valence-corrected chi connectivity index (χ3v) is 5.83. The number of fused-ring (bicyclic) bond motifs is 1. The van der Waals surface area contributed by atoms with Crippen LogP contribution >= 0.6 is 11.8 Å². The Balaban J connectivity index is 1.67. The predicted molar refractivity (Wildman–Crippen MR) is 93.3 cm³/mol. The summed E-state index contributed by atoms with van der Waals surface area (Å²) in [5.74, 6) is -1.60. The highest BCUT2D eigenvalue weighted by Gasteiger charge is 2.59. The molecule has 2 amide bonds. The molecule has 2 fully saturated rings. The largest absolute Gasteiger partial charge is 0.355 e. The molecule has 2 saturated heterocycles. The van der Waals surface area contributed by atoms with Gasteiger partial charge in [-0.2, -0.15) is 5.48 Å². The van der Waals surface area contributed by atoms with E-state index in [1.54, 1.807) is 30.3 Å². The Bertz CT molecular complexity index is 793. The highest BCUT2D eigenvalue weighted by atomic mass is 32.2. The first-order valence-electron chi connectivity index (χ1n) is 7.94. The zero-order valence-electron chi connectivity index (χ0n) is 14.2. The molecule has 0 aliphatic carbocycles. The Labute approximate surface area is 153 Å². The molecular formula is C16H17N5O4S. The van der Waals surface area contributed by atoms with Gasteiger partial charge in [-0.25, -0.2) is 4.79 Å². The third kappa shape index (κ3) is 3.21. The zero-order valence-corrected chi connectivity index (χ0v) is 15.0. The first kappa shape index (κ1) is 18.1. The van der Waals surface area contributed by atoms with Crippen LogP contribution in [0.1, 0.15) is 31.9 Å². The molecular weight excluding hydrogens is 358 g/mol. The molecule has 1 aromatic carbocycles. The topological polar surface area (TPSA) is 124 Å². The van der Waals surface area contributed by atoms with Crippen LogP contribution in [0.2, 0.25) is 0 Å². The van der Waals surface area contributed by atoms with Crippen LogP contribution in [0, 0.1) is 0 Å². The minimum absolute atomic E-state index is 0.0361. The normalized spacial score (nSPS) is 23.9. The van der Waals surface area contributed by atoms with Gasteiger partial charge in [0.1, 0.15) is 12.1 Å². The number of hydroxylamine groups is 1. The lowest BCUT2D eigenvalue weighted by Gasteiger charge is -2.37. The van der Waals surface area contributed by atoms with E-state index >= 15 is 0 Å². The van der Waals surface area contributed by atoms with Gasteiger partial charge in [0.05, 0.1) is 11.8 Å². The maximum atomic E-state index is 12.5. The molecule has 26 heavy (non-hydrogen) atoms. The molecule has 0 aromatic heterocycles. The molecule has 2 aliphatic heterocycles. The zero-order chi connectivity index (χ0) is 18.9. The monoisotopic (exact) mass is 375 g/mol. The molecule has 136 valence electrons. The molecule has 1 N–H and O–H groups in total. The lowest BCUT2D eigenvalue weighted by Crippen LogP contribution is -2.58. The van der Waals surface area contributed by atoms with E-state index in [2.05, 4.69) is 15.5 Å². The summed E-state index contributed by atoms with van der Waals surface area (Å²) in [6.07, 6.45) is 0.400. The SMILES string of the molecule is CC1(C)S[C@@H]2CC(=O)N2[C@H]1C(=O)ONC(=O)[C@H](N=[N+]=[N-])c1ccccc1. The van der Waals surface area contributed by atoms with E-state index in [9.17, 15) is 14.4 Å². The van der Waals surface area contributed by atoms with E-state index < -0.39 is 28.7 Å². The summed E-state index contributed by atoms with van der Waals surface area (Å²) in [4.78, 5) is 45.7. The third-order valence-electron chi connectivity index (χ3n) is 4.33. The van der Waals surface area contributed by atoms with Crippen LogP contribution in [-0.2, 0) is 19.2 Å². The fourth-order valence-electron chi connectivity index (χ4n) is 3.13. The highest BCUT2D eigenvalue weighted by molar-refractivity contribution is 8.01. The van der Waals surface area contributed by atoms with E-state index in [-0.39, 0.29) is 11.3 Å². The minimum Gasteiger partial charge on any atom is -0.338 e. The molecule has 0 saturated carbocycles. The molecule has 0 spiro atoms. The first-order chi connectivity index (χ1) is 12.3. The van der Waals surface area contributed by atoms with Gasteiger partial charge >= 0.3 is 5.97 Å². The van der Waals surface area contributed by atoms with Crippen molar-refractivity contribution in [2.75, 3.05) is 0 Å². The van der Waals surface area contributed by atoms with Crippen molar-refractivity contribution in [2.45, 2.75) is 42.5 Å². The van der Waals surface area contributed by atoms with Crippen molar-refractivity contribution in [1.29, 1.82) is 0 Å². The lowest BCUT2D eigenvalue weighted by molar-refractivity contribution is -0.170. The van der Waals surface area contributed by atoms with E-state index in [4.69, 9.17) is 10.4 Å². The molecule has 0 bridgehead atoms. The second-order valence-corrected chi connectivity index (χ2v) is 8.32. The van der Waals surface area contributed by atoms with Crippen LogP contribution in [0.15, 0.2) is 35.4 Å². The Hall–Kier alpha value is -2.71. The fraction of sp³-hybridized carbons (Fsp3) is 0.438. The molecule has 0 radical (unpaired) electrons. The van der Waals surface area contributed by atoms with Crippen molar-refractivity contribution in [3.8, 4) is 0 Å². The second-order valence-electron chi connectivity index (χ2n) is 6.49. The van der Waals surface area contributed by atoms with Gasteiger partial charge < -0.3 is 9.74 Å². The van der Waals surface area contributed by atoms with Crippen molar-refractivity contribution in [3.63, 3.8) is 0 Å². The lowest BCUT2D eigenvalue weighted by atomic mass is 9.98. The first-order valence-corrected chi connectivity index (χ1v) is 8.82. The number of nitrogens with zero attached hydrogens (tertiary/aromatic N) is 4. The Morgan fingerprint density at radius 3 is 2.73 bits per heavy atom. The maximum Gasteiger partial charge on any atom is 0.355 e. The number of nitrogens with one attached hydrogen (secondary N) is 1. The van der Waals surface area contributed by atoms with Gasteiger partial charge in [-0.1, -0.05) is 35.4 Å². The number of benzene rings is 1. The molecule has 2 heterocycles. The van der Waals surface area contributed by atoms with Crippen LogP contribution in [0.4, 0.5) is 0 Å². The summed E-state index contributed by atoms with van der Waals surface area (Å²) in [6, 6.07) is 6.45. The van der Waals surface area contributed by atoms with Crippen LogP contribution in [-0.4, -0.2) is 38.8 Å². The summed E-state index contributed by atoms with van der Waals surface area (Å²) >= 11 is 1.53.